The minimum Gasteiger partial charge on any atom is -0.456 e. The van der Waals surface area contributed by atoms with E-state index in [4.69, 9.17) is 28.2 Å². The van der Waals surface area contributed by atoms with Crippen LogP contribution >= 0.6 is 0 Å². The van der Waals surface area contributed by atoms with Crippen LogP contribution in [-0.2, 0) is 0 Å². The summed E-state index contributed by atoms with van der Waals surface area (Å²) in [5.41, 5.74) is 31.0. The summed E-state index contributed by atoms with van der Waals surface area (Å²) in [5, 5.41) is 10.1. The van der Waals surface area contributed by atoms with Crippen molar-refractivity contribution < 1.29 is 13.3 Å². The van der Waals surface area contributed by atoms with E-state index in [0.717, 1.165) is 193 Å². The standard InChI is InChI=1S/C111H67N5O3/c1-5-24-68(25-6-1)73-33-20-36-83(62-73)115-96-43-16-13-38-86(96)92-64-75(48-54-98(92)115)77-50-56-101-94(66-77)106-90(42-23-47-104(106)118-101)110-112-109(89-41-22-46-103-105(89)88-40-15-18-45-100(88)117-103)113-111(114-110)91-53-52-85(79-35-19-32-72(58-79)82-60-80(70-28-9-3-10-29-70)59-81(61-82)71-30-11-4-12-31-71)108-107(91)95-67-78(51-57-102(95)119-108)76-49-55-99-93(65-76)87-39-14-17-44-97(87)116(99)84-37-21-34-74(63-84)69-26-7-2-8-27-69/h1-67H. The van der Waals surface area contributed by atoms with Crippen molar-refractivity contribution in [3.63, 3.8) is 0 Å². The number of rotatable bonds is 13. The van der Waals surface area contributed by atoms with Crippen LogP contribution in [0.25, 0.3) is 244 Å². The number of furan rings is 3. The molecule has 6 aromatic heterocycles. The number of para-hydroxylation sites is 3. The monoisotopic (exact) mass is 1520 g/mol. The van der Waals surface area contributed by atoms with Crippen LogP contribution in [0.2, 0.25) is 0 Å². The van der Waals surface area contributed by atoms with Crippen LogP contribution in [0.15, 0.2) is 420 Å². The number of benzene rings is 18. The number of fused-ring (bicyclic) bond motifs is 15. The second-order valence-electron chi connectivity index (χ2n) is 30.9. The Morgan fingerprint density at radius 2 is 0.487 bits per heavy atom. The average molecular weight is 1520 g/mol. The van der Waals surface area contributed by atoms with Gasteiger partial charge in [-0.2, -0.15) is 0 Å². The van der Waals surface area contributed by atoms with Crippen LogP contribution in [0, 0.1) is 0 Å². The van der Waals surface area contributed by atoms with Gasteiger partial charge in [-0.05, 0) is 223 Å². The van der Waals surface area contributed by atoms with Crippen molar-refractivity contribution >= 4 is 109 Å². The van der Waals surface area contributed by atoms with Crippen LogP contribution < -0.4 is 0 Å². The van der Waals surface area contributed by atoms with Crippen molar-refractivity contribution in [2.45, 2.75) is 0 Å². The molecule has 0 saturated heterocycles. The lowest BCUT2D eigenvalue weighted by molar-refractivity contribution is 0.668. The van der Waals surface area contributed by atoms with Crippen LogP contribution in [0.4, 0.5) is 0 Å². The van der Waals surface area contributed by atoms with E-state index in [0.29, 0.717) is 28.6 Å². The summed E-state index contributed by atoms with van der Waals surface area (Å²) in [4.78, 5) is 17.2. The van der Waals surface area contributed by atoms with Gasteiger partial charge in [0.05, 0.1) is 22.1 Å². The fourth-order valence-corrected chi connectivity index (χ4v) is 18.4. The van der Waals surface area contributed by atoms with E-state index in [2.05, 4.69) is 379 Å². The molecule has 0 radical (unpaired) electrons. The molecule has 0 amide bonds. The first kappa shape index (κ1) is 67.5. The Labute approximate surface area is 683 Å². The SMILES string of the molecule is c1ccc(-c2cc(-c3ccccc3)cc(-c3cccc(-c4ccc(-c5nc(-c6cccc7oc8ccccc8c67)nc(-c6cccc7oc8ccc(-c9ccc%10c(c9)c9ccccc9n%10-c9cccc(-c%10ccccc%10)c9)cc8c67)n5)c5c4oc4ccc(-c6ccc7c(c6)c6ccccc6n7-c6cccc(-c7ccccc7)c6)cc45)c3)c2)cc1. The van der Waals surface area contributed by atoms with Gasteiger partial charge >= 0.3 is 0 Å². The van der Waals surface area contributed by atoms with E-state index in [-0.39, 0.29) is 0 Å². The van der Waals surface area contributed by atoms with Crippen molar-refractivity contribution in [1.82, 2.24) is 24.1 Å². The van der Waals surface area contributed by atoms with E-state index in [1.165, 1.54) is 21.9 Å². The van der Waals surface area contributed by atoms with E-state index in [9.17, 15) is 0 Å². The maximum Gasteiger partial charge on any atom is 0.164 e. The molecule has 0 aliphatic heterocycles. The van der Waals surface area contributed by atoms with Gasteiger partial charge < -0.3 is 22.4 Å². The highest BCUT2D eigenvalue weighted by Crippen LogP contribution is 2.48. The third kappa shape index (κ3) is 11.3. The van der Waals surface area contributed by atoms with E-state index >= 15 is 0 Å². The minimum atomic E-state index is 0.467. The fraction of sp³-hybridized carbons (Fsp3) is 0. The lowest BCUT2D eigenvalue weighted by Gasteiger charge is -2.13. The molecule has 8 nitrogen and oxygen atoms in total. The Morgan fingerprint density at radius 3 is 1.00 bits per heavy atom. The maximum absolute atomic E-state index is 7.47. The van der Waals surface area contributed by atoms with Crippen molar-refractivity contribution in [3.05, 3.63) is 406 Å². The predicted molar refractivity (Wildman–Crippen MR) is 490 cm³/mol. The topological polar surface area (TPSA) is 87.9 Å². The van der Waals surface area contributed by atoms with Crippen LogP contribution in [0.5, 0.6) is 0 Å². The summed E-state index contributed by atoms with van der Waals surface area (Å²) in [6.45, 7) is 0. The van der Waals surface area contributed by atoms with Gasteiger partial charge in [0.15, 0.2) is 17.5 Å². The van der Waals surface area contributed by atoms with Gasteiger partial charge in [0.25, 0.3) is 0 Å². The van der Waals surface area contributed by atoms with Crippen LogP contribution in [-0.4, -0.2) is 24.1 Å². The minimum absolute atomic E-state index is 0.467. The Balaban J connectivity index is 0.706. The van der Waals surface area contributed by atoms with Gasteiger partial charge in [-0.1, -0.05) is 267 Å². The van der Waals surface area contributed by atoms with Crippen LogP contribution in [0.3, 0.4) is 0 Å². The molecule has 0 fully saturated rings. The Hall–Kier alpha value is -16.0. The molecule has 0 unspecified atom stereocenters. The number of hydrogen-bond acceptors (Lipinski definition) is 6. The zero-order valence-corrected chi connectivity index (χ0v) is 64.1. The Morgan fingerprint density at radius 1 is 0.168 bits per heavy atom. The van der Waals surface area contributed by atoms with E-state index < -0.39 is 0 Å². The first-order valence-corrected chi connectivity index (χ1v) is 40.3. The molecular weight excluding hydrogens is 1450 g/mol. The summed E-state index contributed by atoms with van der Waals surface area (Å²) in [5.74, 6) is 1.43. The molecule has 0 N–H and O–H groups in total. The van der Waals surface area contributed by atoms with Crippen molar-refractivity contribution in [2.24, 2.45) is 0 Å². The third-order valence-electron chi connectivity index (χ3n) is 24.0. The number of hydrogen-bond donors (Lipinski definition) is 0. The maximum atomic E-state index is 7.47. The largest absolute Gasteiger partial charge is 0.456 e. The van der Waals surface area contributed by atoms with Gasteiger partial charge in [-0.25, -0.2) is 15.0 Å². The highest BCUT2D eigenvalue weighted by atomic mass is 16.3. The normalized spacial score (nSPS) is 11.9. The van der Waals surface area contributed by atoms with Crippen molar-refractivity contribution in [3.8, 4) is 135 Å². The Kier molecular flexibility index (Phi) is 15.5. The molecule has 18 aromatic carbocycles. The molecule has 6 heterocycles. The first-order chi connectivity index (χ1) is 58.9. The third-order valence-corrected chi connectivity index (χ3v) is 24.0. The molecule has 24 aromatic rings. The Bertz CT molecular complexity index is 8180. The highest BCUT2D eigenvalue weighted by Gasteiger charge is 2.27. The quantitative estimate of drug-likeness (QED) is 0.114. The highest BCUT2D eigenvalue weighted by molar-refractivity contribution is 6.19. The fourth-order valence-electron chi connectivity index (χ4n) is 18.4. The molecule has 0 spiro atoms. The first-order valence-electron chi connectivity index (χ1n) is 40.3. The second kappa shape index (κ2) is 27.3. The number of aromatic nitrogens is 5. The van der Waals surface area contributed by atoms with Crippen LogP contribution in [0.1, 0.15) is 0 Å². The summed E-state index contributed by atoms with van der Waals surface area (Å²) >= 11 is 0. The molecule has 0 aliphatic rings. The second-order valence-corrected chi connectivity index (χ2v) is 30.9. The average Bonchev–Trinajstić information content (AvgIpc) is 1.62. The molecule has 0 bridgehead atoms. The molecule has 0 saturated carbocycles. The van der Waals surface area contributed by atoms with Gasteiger partial charge in [0.2, 0.25) is 0 Å². The molecule has 554 valence electrons. The van der Waals surface area contributed by atoms with Crippen molar-refractivity contribution in [1.29, 1.82) is 0 Å². The van der Waals surface area contributed by atoms with Gasteiger partial charge in [-0.3, -0.25) is 0 Å². The lowest BCUT2D eigenvalue weighted by Crippen LogP contribution is -2.01. The van der Waals surface area contributed by atoms with E-state index in [1.54, 1.807) is 0 Å². The lowest BCUT2D eigenvalue weighted by atomic mass is 9.91. The van der Waals surface area contributed by atoms with E-state index in [1.807, 2.05) is 36.4 Å². The molecule has 24 rings (SSSR count). The van der Waals surface area contributed by atoms with Crippen molar-refractivity contribution in [2.75, 3.05) is 0 Å². The molecule has 8 heteroatoms. The summed E-state index contributed by atoms with van der Waals surface area (Å²) in [7, 11) is 0. The zero-order chi connectivity index (χ0) is 78.2. The molecule has 119 heavy (non-hydrogen) atoms. The predicted octanol–water partition coefficient (Wildman–Crippen LogP) is 30.1. The smallest absolute Gasteiger partial charge is 0.164 e. The number of nitrogens with zero attached hydrogens (tertiary/aromatic N) is 5. The van der Waals surface area contributed by atoms with Gasteiger partial charge in [0.1, 0.15) is 33.5 Å². The summed E-state index contributed by atoms with van der Waals surface area (Å²) < 4.78 is 25.8. The summed E-state index contributed by atoms with van der Waals surface area (Å²) in [6, 6.07) is 145. The molecular formula is C111H67N5O3. The molecule has 0 aliphatic carbocycles. The molecule has 0 atom stereocenters. The van der Waals surface area contributed by atoms with Gasteiger partial charge in [0, 0.05) is 87.5 Å². The van der Waals surface area contributed by atoms with Gasteiger partial charge in [-0.15, -0.1) is 0 Å². The summed E-state index contributed by atoms with van der Waals surface area (Å²) in [6.07, 6.45) is 0. The zero-order valence-electron chi connectivity index (χ0n) is 64.1.